The fourth-order valence-electron chi connectivity index (χ4n) is 1.49. The van der Waals surface area contributed by atoms with E-state index in [9.17, 15) is 4.79 Å². The zero-order valence-electron chi connectivity index (χ0n) is 9.09. The van der Waals surface area contributed by atoms with Crippen molar-refractivity contribution in [1.82, 2.24) is 0 Å². The van der Waals surface area contributed by atoms with Crippen LogP contribution in [0.2, 0.25) is 0 Å². The number of nitrogens with one attached hydrogen (secondary N) is 1. The summed E-state index contributed by atoms with van der Waals surface area (Å²) in [6, 6.07) is 4.11. The zero-order valence-corrected chi connectivity index (χ0v) is 9.09. The SMILES string of the molecule is Cc1cc(N(C)C)cc(C)c1NC=O. The van der Waals surface area contributed by atoms with Gasteiger partial charge in [-0.3, -0.25) is 4.79 Å². The van der Waals surface area contributed by atoms with Crippen molar-refractivity contribution in [2.45, 2.75) is 13.8 Å². The minimum atomic E-state index is 0.713. The van der Waals surface area contributed by atoms with Crippen LogP contribution in [0.4, 0.5) is 11.4 Å². The van der Waals surface area contributed by atoms with Gasteiger partial charge < -0.3 is 10.2 Å². The first-order chi connectivity index (χ1) is 6.56. The maximum absolute atomic E-state index is 10.4. The van der Waals surface area contributed by atoms with Crippen LogP contribution >= 0.6 is 0 Å². The predicted octanol–water partition coefficient (Wildman–Crippen LogP) is 1.94. The molecule has 0 unspecified atom stereocenters. The molecule has 3 nitrogen and oxygen atoms in total. The molecule has 0 heterocycles. The molecule has 0 aromatic heterocycles. The van der Waals surface area contributed by atoms with Crippen molar-refractivity contribution in [1.29, 1.82) is 0 Å². The summed E-state index contributed by atoms with van der Waals surface area (Å²) in [7, 11) is 4.00. The first-order valence-corrected chi connectivity index (χ1v) is 4.55. The molecule has 1 rings (SSSR count). The topological polar surface area (TPSA) is 32.3 Å². The Labute approximate surface area is 84.7 Å². The third-order valence-electron chi connectivity index (χ3n) is 2.24. The number of benzene rings is 1. The van der Waals surface area contributed by atoms with E-state index in [0.717, 1.165) is 22.5 Å². The zero-order chi connectivity index (χ0) is 10.7. The van der Waals surface area contributed by atoms with E-state index in [1.807, 2.05) is 32.8 Å². The van der Waals surface area contributed by atoms with E-state index in [0.29, 0.717) is 6.41 Å². The lowest BCUT2D eigenvalue weighted by atomic mass is 10.1. The largest absolute Gasteiger partial charge is 0.378 e. The molecule has 1 aromatic carbocycles. The molecule has 0 atom stereocenters. The number of hydrogen-bond acceptors (Lipinski definition) is 2. The number of hydrogen-bond donors (Lipinski definition) is 1. The molecule has 1 N–H and O–H groups in total. The molecule has 0 fully saturated rings. The van der Waals surface area contributed by atoms with Crippen molar-refractivity contribution in [2.75, 3.05) is 24.3 Å². The summed E-state index contributed by atoms with van der Waals surface area (Å²) >= 11 is 0. The van der Waals surface area contributed by atoms with Crippen molar-refractivity contribution < 1.29 is 4.79 Å². The summed E-state index contributed by atoms with van der Waals surface area (Å²) in [5.74, 6) is 0. The van der Waals surface area contributed by atoms with Crippen LogP contribution in [0.25, 0.3) is 0 Å². The minimum absolute atomic E-state index is 0.713. The molecule has 14 heavy (non-hydrogen) atoms. The summed E-state index contributed by atoms with van der Waals surface area (Å²) in [5.41, 5.74) is 4.23. The second-order valence-corrected chi connectivity index (χ2v) is 3.61. The summed E-state index contributed by atoms with van der Waals surface area (Å²) in [6.45, 7) is 3.98. The van der Waals surface area contributed by atoms with Crippen LogP contribution in [0.5, 0.6) is 0 Å². The van der Waals surface area contributed by atoms with Gasteiger partial charge in [-0.25, -0.2) is 0 Å². The van der Waals surface area contributed by atoms with Crippen LogP contribution in [-0.4, -0.2) is 20.5 Å². The highest BCUT2D eigenvalue weighted by molar-refractivity contribution is 5.77. The van der Waals surface area contributed by atoms with Gasteiger partial charge in [0.05, 0.1) is 0 Å². The molecule has 3 heteroatoms. The molecule has 1 amide bonds. The molecule has 0 aliphatic heterocycles. The van der Waals surface area contributed by atoms with Crippen molar-refractivity contribution in [2.24, 2.45) is 0 Å². The summed E-state index contributed by atoms with van der Waals surface area (Å²) in [5, 5.41) is 2.71. The Hall–Kier alpha value is -1.51. The van der Waals surface area contributed by atoms with Crippen LogP contribution < -0.4 is 10.2 Å². The molecule has 76 valence electrons. The molecule has 0 aliphatic rings. The van der Waals surface area contributed by atoms with Gasteiger partial charge in [-0.1, -0.05) is 0 Å². The van der Waals surface area contributed by atoms with E-state index >= 15 is 0 Å². The number of aryl methyl sites for hydroxylation is 2. The average molecular weight is 192 g/mol. The van der Waals surface area contributed by atoms with Gasteiger partial charge in [-0.05, 0) is 37.1 Å². The monoisotopic (exact) mass is 192 g/mol. The van der Waals surface area contributed by atoms with E-state index in [2.05, 4.69) is 17.4 Å². The second kappa shape index (κ2) is 4.13. The van der Waals surface area contributed by atoms with E-state index in [1.165, 1.54) is 0 Å². The van der Waals surface area contributed by atoms with Gasteiger partial charge in [0.15, 0.2) is 0 Å². The number of amides is 1. The quantitative estimate of drug-likeness (QED) is 0.742. The highest BCUT2D eigenvalue weighted by Crippen LogP contribution is 2.25. The van der Waals surface area contributed by atoms with Crippen LogP contribution in [0.15, 0.2) is 12.1 Å². The first kappa shape index (κ1) is 10.6. The van der Waals surface area contributed by atoms with E-state index < -0.39 is 0 Å². The van der Waals surface area contributed by atoms with Crippen molar-refractivity contribution in [3.05, 3.63) is 23.3 Å². The van der Waals surface area contributed by atoms with Gasteiger partial charge in [-0.2, -0.15) is 0 Å². The molecule has 0 bridgehead atoms. The van der Waals surface area contributed by atoms with E-state index in [1.54, 1.807) is 0 Å². The van der Waals surface area contributed by atoms with Gasteiger partial charge in [0, 0.05) is 25.5 Å². The van der Waals surface area contributed by atoms with Crippen LogP contribution in [-0.2, 0) is 4.79 Å². The summed E-state index contributed by atoms with van der Waals surface area (Å²) in [6.07, 6.45) is 0.713. The molecule has 0 aliphatic carbocycles. The Morgan fingerprint density at radius 1 is 1.21 bits per heavy atom. The number of rotatable bonds is 3. The van der Waals surface area contributed by atoms with Gasteiger partial charge in [0.25, 0.3) is 0 Å². The Bertz CT molecular complexity index is 322. The first-order valence-electron chi connectivity index (χ1n) is 4.55. The van der Waals surface area contributed by atoms with Gasteiger partial charge in [0.2, 0.25) is 6.41 Å². The Kier molecular flexibility index (Phi) is 3.12. The van der Waals surface area contributed by atoms with Crippen LogP contribution in [0, 0.1) is 13.8 Å². The Morgan fingerprint density at radius 2 is 1.71 bits per heavy atom. The van der Waals surface area contributed by atoms with Gasteiger partial charge in [0.1, 0.15) is 0 Å². The smallest absolute Gasteiger partial charge is 0.211 e. The number of anilines is 2. The summed E-state index contributed by atoms with van der Waals surface area (Å²) in [4.78, 5) is 12.4. The van der Waals surface area contributed by atoms with Gasteiger partial charge >= 0.3 is 0 Å². The van der Waals surface area contributed by atoms with Crippen LogP contribution in [0.1, 0.15) is 11.1 Å². The number of carbonyl (C=O) groups is 1. The van der Waals surface area contributed by atoms with Crippen LogP contribution in [0.3, 0.4) is 0 Å². The molecular formula is C11H16N2O. The second-order valence-electron chi connectivity index (χ2n) is 3.61. The van der Waals surface area contributed by atoms with E-state index in [4.69, 9.17) is 0 Å². The third-order valence-corrected chi connectivity index (χ3v) is 2.24. The van der Waals surface area contributed by atoms with Crippen molar-refractivity contribution >= 4 is 17.8 Å². The maximum atomic E-state index is 10.4. The van der Waals surface area contributed by atoms with E-state index in [-0.39, 0.29) is 0 Å². The lowest BCUT2D eigenvalue weighted by Crippen LogP contribution is -2.10. The number of carbonyl (C=O) groups excluding carboxylic acids is 1. The fourth-order valence-corrected chi connectivity index (χ4v) is 1.49. The molecule has 0 saturated carbocycles. The fraction of sp³-hybridized carbons (Fsp3) is 0.364. The van der Waals surface area contributed by atoms with Crippen molar-refractivity contribution in [3.8, 4) is 0 Å². The molecule has 0 saturated heterocycles. The van der Waals surface area contributed by atoms with Crippen molar-refractivity contribution in [3.63, 3.8) is 0 Å². The molecule has 1 aromatic rings. The predicted molar refractivity (Wildman–Crippen MR) is 59.9 cm³/mol. The molecule has 0 spiro atoms. The molecule has 0 radical (unpaired) electrons. The third kappa shape index (κ3) is 2.05. The lowest BCUT2D eigenvalue weighted by Gasteiger charge is -2.17. The number of nitrogens with zero attached hydrogens (tertiary/aromatic N) is 1. The lowest BCUT2D eigenvalue weighted by molar-refractivity contribution is -0.105. The standard InChI is InChI=1S/C11H16N2O/c1-8-5-10(13(3)4)6-9(2)11(8)12-7-14/h5-7H,1-4H3,(H,12,14). The Balaban J connectivity index is 3.17. The highest BCUT2D eigenvalue weighted by atomic mass is 16.1. The Morgan fingerprint density at radius 3 is 2.07 bits per heavy atom. The highest BCUT2D eigenvalue weighted by Gasteiger charge is 2.04. The molecular weight excluding hydrogens is 176 g/mol. The average Bonchev–Trinajstić information content (AvgIpc) is 2.10. The normalized spacial score (nSPS) is 9.71. The summed E-state index contributed by atoms with van der Waals surface area (Å²) < 4.78 is 0. The van der Waals surface area contributed by atoms with Gasteiger partial charge in [-0.15, -0.1) is 0 Å². The maximum Gasteiger partial charge on any atom is 0.211 e. The minimum Gasteiger partial charge on any atom is -0.378 e.